The van der Waals surface area contributed by atoms with E-state index in [1.165, 1.54) is 11.1 Å². The van der Waals surface area contributed by atoms with E-state index in [1.807, 2.05) is 24.3 Å². The number of rotatable bonds is 4. The van der Waals surface area contributed by atoms with Crippen molar-refractivity contribution in [1.29, 1.82) is 0 Å². The Morgan fingerprint density at radius 3 is 2.52 bits per heavy atom. The molecule has 2 aromatic carbocycles. The van der Waals surface area contributed by atoms with E-state index in [9.17, 15) is 0 Å². The third-order valence-electron chi connectivity index (χ3n) is 3.97. The van der Waals surface area contributed by atoms with Gasteiger partial charge in [-0.15, -0.1) is 0 Å². The van der Waals surface area contributed by atoms with Gasteiger partial charge < -0.3 is 14.8 Å². The van der Waals surface area contributed by atoms with Gasteiger partial charge in [0.15, 0.2) is 0 Å². The first-order chi connectivity index (χ1) is 10.1. The van der Waals surface area contributed by atoms with Crippen LogP contribution in [0.1, 0.15) is 31.0 Å². The zero-order valence-corrected chi connectivity index (χ0v) is 12.7. The second-order valence-corrected chi connectivity index (χ2v) is 5.91. The van der Waals surface area contributed by atoms with Crippen molar-refractivity contribution in [2.45, 2.75) is 32.0 Å². The molecule has 0 saturated heterocycles. The lowest BCUT2D eigenvalue weighted by Gasteiger charge is -2.27. The van der Waals surface area contributed by atoms with Gasteiger partial charge in [0.1, 0.15) is 17.1 Å². The second kappa shape index (κ2) is 5.41. The van der Waals surface area contributed by atoms with Crippen molar-refractivity contribution < 1.29 is 9.47 Å². The molecule has 2 aromatic rings. The Bertz CT molecular complexity index is 619. The zero-order valence-electron chi connectivity index (χ0n) is 12.7. The summed E-state index contributed by atoms with van der Waals surface area (Å²) in [7, 11) is 1.68. The molecule has 1 aliphatic heterocycles. The lowest BCUT2D eigenvalue weighted by Crippen LogP contribution is -2.38. The van der Waals surface area contributed by atoms with Gasteiger partial charge in [-0.05, 0) is 37.6 Å². The highest BCUT2D eigenvalue weighted by molar-refractivity contribution is 5.42. The number of nitrogens with one attached hydrogen (secondary N) is 1. The Balaban J connectivity index is 1.74. The van der Waals surface area contributed by atoms with Gasteiger partial charge in [0.05, 0.1) is 13.2 Å². The highest BCUT2D eigenvalue weighted by atomic mass is 16.5. The summed E-state index contributed by atoms with van der Waals surface area (Å²) in [4.78, 5) is 0. The summed E-state index contributed by atoms with van der Waals surface area (Å²) in [6.45, 7) is 5.05. The molecule has 21 heavy (non-hydrogen) atoms. The highest BCUT2D eigenvalue weighted by Gasteiger charge is 2.40. The van der Waals surface area contributed by atoms with E-state index in [4.69, 9.17) is 9.47 Å². The second-order valence-electron chi connectivity index (χ2n) is 5.91. The molecule has 0 fully saturated rings. The lowest BCUT2D eigenvalue weighted by molar-refractivity contribution is 0.0958. The molecule has 1 unspecified atom stereocenters. The minimum atomic E-state index is -0.240. The molecule has 0 aromatic heterocycles. The molecule has 0 bridgehead atoms. The molecule has 1 atom stereocenters. The SMILES string of the molecule is COc1ccc(CNC2c3ccccc3OC2(C)C)cc1. The van der Waals surface area contributed by atoms with E-state index in [0.29, 0.717) is 0 Å². The van der Waals surface area contributed by atoms with Crippen LogP contribution >= 0.6 is 0 Å². The summed E-state index contributed by atoms with van der Waals surface area (Å²) in [6.07, 6.45) is 0. The average molecular weight is 283 g/mol. The number of methoxy groups -OCH3 is 1. The molecule has 0 radical (unpaired) electrons. The first kappa shape index (κ1) is 14.0. The van der Waals surface area contributed by atoms with Crippen molar-refractivity contribution in [3.8, 4) is 11.5 Å². The Morgan fingerprint density at radius 1 is 1.10 bits per heavy atom. The van der Waals surface area contributed by atoms with Crippen molar-refractivity contribution in [3.63, 3.8) is 0 Å². The quantitative estimate of drug-likeness (QED) is 0.928. The van der Waals surface area contributed by atoms with Gasteiger partial charge in [-0.3, -0.25) is 0 Å². The molecule has 0 amide bonds. The van der Waals surface area contributed by atoms with Gasteiger partial charge in [0.2, 0.25) is 0 Å². The van der Waals surface area contributed by atoms with Gasteiger partial charge in [-0.2, -0.15) is 0 Å². The molecule has 3 nitrogen and oxygen atoms in total. The molecule has 0 saturated carbocycles. The minimum absolute atomic E-state index is 0.191. The van der Waals surface area contributed by atoms with Gasteiger partial charge >= 0.3 is 0 Å². The Labute approximate surface area is 125 Å². The van der Waals surface area contributed by atoms with Crippen LogP contribution in [0.15, 0.2) is 48.5 Å². The van der Waals surface area contributed by atoms with Crippen LogP contribution in [0.5, 0.6) is 11.5 Å². The first-order valence-electron chi connectivity index (χ1n) is 7.24. The van der Waals surface area contributed by atoms with Crippen molar-refractivity contribution >= 4 is 0 Å². The summed E-state index contributed by atoms with van der Waals surface area (Å²) < 4.78 is 11.2. The fourth-order valence-corrected chi connectivity index (χ4v) is 2.85. The fraction of sp³-hybridized carbons (Fsp3) is 0.333. The molecule has 0 spiro atoms. The van der Waals surface area contributed by atoms with Crippen molar-refractivity contribution in [3.05, 3.63) is 59.7 Å². The predicted octanol–water partition coefficient (Wildman–Crippen LogP) is 3.70. The molecule has 1 aliphatic rings. The molecule has 3 heteroatoms. The number of ether oxygens (including phenoxy) is 2. The third-order valence-corrected chi connectivity index (χ3v) is 3.97. The van der Waals surface area contributed by atoms with Crippen molar-refractivity contribution in [2.24, 2.45) is 0 Å². The average Bonchev–Trinajstić information content (AvgIpc) is 2.75. The molecular weight excluding hydrogens is 262 g/mol. The van der Waals surface area contributed by atoms with Gasteiger partial charge in [0, 0.05) is 12.1 Å². The van der Waals surface area contributed by atoms with Crippen LogP contribution in [-0.4, -0.2) is 12.7 Å². The van der Waals surface area contributed by atoms with Crippen molar-refractivity contribution in [2.75, 3.05) is 7.11 Å². The molecular formula is C18H21NO2. The molecule has 3 rings (SSSR count). The molecule has 0 aliphatic carbocycles. The van der Waals surface area contributed by atoms with Crippen LogP contribution in [-0.2, 0) is 6.54 Å². The van der Waals surface area contributed by atoms with Crippen LogP contribution in [0.4, 0.5) is 0 Å². The lowest BCUT2D eigenvalue weighted by atomic mass is 9.94. The largest absolute Gasteiger partial charge is 0.497 e. The van der Waals surface area contributed by atoms with Gasteiger partial charge in [-0.1, -0.05) is 30.3 Å². The minimum Gasteiger partial charge on any atom is -0.497 e. The smallest absolute Gasteiger partial charge is 0.125 e. The standard InChI is InChI=1S/C18H21NO2/c1-18(2)17(15-6-4-5-7-16(15)21-18)19-12-13-8-10-14(20-3)11-9-13/h4-11,17,19H,12H2,1-3H3. The van der Waals surface area contributed by atoms with E-state index in [1.54, 1.807) is 7.11 Å². The molecule has 110 valence electrons. The third kappa shape index (κ3) is 2.74. The number of hydrogen-bond acceptors (Lipinski definition) is 3. The van der Waals surface area contributed by atoms with E-state index >= 15 is 0 Å². The molecule has 1 N–H and O–H groups in total. The number of benzene rings is 2. The van der Waals surface area contributed by atoms with Crippen LogP contribution < -0.4 is 14.8 Å². The van der Waals surface area contributed by atoms with E-state index in [2.05, 4.69) is 43.4 Å². The van der Waals surface area contributed by atoms with E-state index in [-0.39, 0.29) is 11.6 Å². The van der Waals surface area contributed by atoms with Crippen LogP contribution in [0.25, 0.3) is 0 Å². The summed E-state index contributed by atoms with van der Waals surface area (Å²) >= 11 is 0. The Hall–Kier alpha value is -2.00. The van der Waals surface area contributed by atoms with E-state index in [0.717, 1.165) is 18.0 Å². The summed E-state index contributed by atoms with van der Waals surface area (Å²) in [5.74, 6) is 1.86. The van der Waals surface area contributed by atoms with Crippen LogP contribution in [0.2, 0.25) is 0 Å². The normalized spacial score (nSPS) is 18.9. The van der Waals surface area contributed by atoms with Gasteiger partial charge in [-0.25, -0.2) is 0 Å². The predicted molar refractivity (Wildman–Crippen MR) is 83.7 cm³/mol. The Kier molecular flexibility index (Phi) is 3.60. The Morgan fingerprint density at radius 2 is 1.81 bits per heavy atom. The maximum absolute atomic E-state index is 6.05. The fourth-order valence-electron chi connectivity index (χ4n) is 2.85. The maximum atomic E-state index is 6.05. The summed E-state index contributed by atoms with van der Waals surface area (Å²) in [6, 6.07) is 16.6. The number of hydrogen-bond donors (Lipinski definition) is 1. The van der Waals surface area contributed by atoms with Crippen molar-refractivity contribution in [1.82, 2.24) is 5.32 Å². The topological polar surface area (TPSA) is 30.5 Å². The monoisotopic (exact) mass is 283 g/mol. The maximum Gasteiger partial charge on any atom is 0.125 e. The highest BCUT2D eigenvalue weighted by Crippen LogP contribution is 2.42. The van der Waals surface area contributed by atoms with Crippen LogP contribution in [0.3, 0.4) is 0 Å². The number of para-hydroxylation sites is 1. The van der Waals surface area contributed by atoms with E-state index < -0.39 is 0 Å². The zero-order chi connectivity index (χ0) is 14.9. The van der Waals surface area contributed by atoms with Crippen LogP contribution in [0, 0.1) is 0 Å². The first-order valence-corrected chi connectivity index (χ1v) is 7.24. The summed E-state index contributed by atoms with van der Waals surface area (Å²) in [5, 5.41) is 3.62. The number of fused-ring (bicyclic) bond motifs is 1. The summed E-state index contributed by atoms with van der Waals surface area (Å²) in [5.41, 5.74) is 2.22. The molecule has 1 heterocycles. The van der Waals surface area contributed by atoms with Gasteiger partial charge in [0.25, 0.3) is 0 Å².